The van der Waals surface area contributed by atoms with Gasteiger partial charge in [-0.15, -0.1) is 11.3 Å². The van der Waals surface area contributed by atoms with Crippen molar-refractivity contribution in [2.24, 2.45) is 0 Å². The van der Waals surface area contributed by atoms with Crippen molar-refractivity contribution in [1.82, 2.24) is 4.98 Å². The van der Waals surface area contributed by atoms with E-state index in [0.717, 1.165) is 35.0 Å². The molecule has 1 aromatic carbocycles. The number of carbonyl (C=O) groups is 1. The molecule has 0 fully saturated rings. The number of nitrogens with one attached hydrogen (secondary N) is 2. The number of aromatic nitrogens is 1. The third kappa shape index (κ3) is 4.82. The van der Waals surface area contributed by atoms with Gasteiger partial charge < -0.3 is 15.4 Å². The molecule has 0 atom stereocenters. The highest BCUT2D eigenvalue weighted by molar-refractivity contribution is 7.14. The van der Waals surface area contributed by atoms with Crippen molar-refractivity contribution in [2.75, 3.05) is 30.9 Å². The molecular weight excluding hydrogens is 298 g/mol. The Balaban J connectivity index is 1.96. The Morgan fingerprint density at radius 2 is 2.09 bits per heavy atom. The van der Waals surface area contributed by atoms with Crippen LogP contribution in [0.2, 0.25) is 0 Å². The lowest BCUT2D eigenvalue weighted by Crippen LogP contribution is -2.10. The normalized spacial score (nSPS) is 10.5. The van der Waals surface area contributed by atoms with Crippen LogP contribution >= 0.6 is 11.3 Å². The quantitative estimate of drug-likeness (QED) is 0.730. The average Bonchev–Trinajstić information content (AvgIpc) is 2.97. The number of nitrogens with zero attached hydrogens (tertiary/aromatic N) is 1. The van der Waals surface area contributed by atoms with Gasteiger partial charge in [0.2, 0.25) is 5.91 Å². The molecule has 1 amide bonds. The van der Waals surface area contributed by atoms with E-state index in [1.807, 2.05) is 36.6 Å². The summed E-state index contributed by atoms with van der Waals surface area (Å²) in [5.41, 5.74) is 2.77. The van der Waals surface area contributed by atoms with Gasteiger partial charge in [-0.1, -0.05) is 19.1 Å². The molecule has 0 saturated carbocycles. The number of hydrogen-bond acceptors (Lipinski definition) is 5. The van der Waals surface area contributed by atoms with Gasteiger partial charge in [-0.3, -0.25) is 4.79 Å². The van der Waals surface area contributed by atoms with Gasteiger partial charge in [0.05, 0.1) is 12.3 Å². The minimum Gasteiger partial charge on any atom is -0.383 e. The summed E-state index contributed by atoms with van der Waals surface area (Å²) in [5.74, 6) is 0.0496. The molecule has 0 saturated heterocycles. The largest absolute Gasteiger partial charge is 0.383 e. The Labute approximate surface area is 134 Å². The second-order valence-electron chi connectivity index (χ2n) is 4.83. The van der Waals surface area contributed by atoms with Gasteiger partial charge in [0.15, 0.2) is 5.13 Å². The minimum atomic E-state index is 0.0496. The van der Waals surface area contributed by atoms with Crippen LogP contribution in [0.15, 0.2) is 29.6 Å². The van der Waals surface area contributed by atoms with Crippen molar-refractivity contribution in [2.45, 2.75) is 19.8 Å². The number of hydrogen-bond donors (Lipinski definition) is 2. The summed E-state index contributed by atoms with van der Waals surface area (Å²) in [4.78, 5) is 16.1. The number of ether oxygens (including phenoxy) is 1. The predicted molar refractivity (Wildman–Crippen MR) is 91.5 cm³/mol. The van der Waals surface area contributed by atoms with Crippen molar-refractivity contribution in [3.05, 3.63) is 29.6 Å². The van der Waals surface area contributed by atoms with Crippen LogP contribution in [0.3, 0.4) is 0 Å². The van der Waals surface area contributed by atoms with Crippen molar-refractivity contribution < 1.29 is 9.53 Å². The van der Waals surface area contributed by atoms with Crippen LogP contribution < -0.4 is 10.6 Å². The second kappa shape index (κ2) is 8.51. The number of thiazole rings is 1. The van der Waals surface area contributed by atoms with Gasteiger partial charge >= 0.3 is 0 Å². The zero-order chi connectivity index (χ0) is 15.8. The van der Waals surface area contributed by atoms with E-state index in [1.54, 1.807) is 18.4 Å². The van der Waals surface area contributed by atoms with E-state index in [-0.39, 0.29) is 5.91 Å². The van der Waals surface area contributed by atoms with Crippen molar-refractivity contribution in [3.63, 3.8) is 0 Å². The molecule has 0 aliphatic rings. The third-order valence-corrected chi connectivity index (χ3v) is 3.83. The molecule has 2 N–H and O–H groups in total. The molecule has 0 unspecified atom stereocenters. The number of benzene rings is 1. The Kier molecular flexibility index (Phi) is 6.36. The van der Waals surface area contributed by atoms with Crippen LogP contribution in [0, 0.1) is 0 Å². The van der Waals surface area contributed by atoms with Gasteiger partial charge in [0.1, 0.15) is 0 Å². The van der Waals surface area contributed by atoms with Gasteiger partial charge in [-0.2, -0.15) is 0 Å². The SMILES string of the molecule is CCCC(=O)Nc1ccc(-c2csc(NCCOC)n2)cc1. The zero-order valence-electron chi connectivity index (χ0n) is 12.9. The molecule has 5 nitrogen and oxygen atoms in total. The summed E-state index contributed by atoms with van der Waals surface area (Å²) in [7, 11) is 1.68. The van der Waals surface area contributed by atoms with Crippen LogP contribution in [-0.4, -0.2) is 31.2 Å². The molecule has 1 heterocycles. The summed E-state index contributed by atoms with van der Waals surface area (Å²) < 4.78 is 5.00. The van der Waals surface area contributed by atoms with Crippen LogP contribution in [0.25, 0.3) is 11.3 Å². The summed E-state index contributed by atoms with van der Waals surface area (Å²) in [6.07, 6.45) is 1.39. The molecule has 0 spiro atoms. The average molecular weight is 319 g/mol. The Morgan fingerprint density at radius 1 is 1.32 bits per heavy atom. The van der Waals surface area contributed by atoms with E-state index < -0.39 is 0 Å². The lowest BCUT2D eigenvalue weighted by atomic mass is 10.1. The van der Waals surface area contributed by atoms with E-state index in [1.165, 1.54) is 0 Å². The van der Waals surface area contributed by atoms with Crippen LogP contribution in [0.4, 0.5) is 10.8 Å². The maximum Gasteiger partial charge on any atom is 0.224 e. The first kappa shape index (κ1) is 16.5. The highest BCUT2D eigenvalue weighted by Gasteiger charge is 2.05. The number of methoxy groups -OCH3 is 1. The molecule has 1 aromatic heterocycles. The van der Waals surface area contributed by atoms with Gasteiger partial charge in [-0.05, 0) is 18.6 Å². The zero-order valence-corrected chi connectivity index (χ0v) is 13.7. The third-order valence-electron chi connectivity index (χ3n) is 3.03. The van der Waals surface area contributed by atoms with E-state index in [2.05, 4.69) is 15.6 Å². The maximum absolute atomic E-state index is 11.6. The molecule has 0 bridgehead atoms. The number of amides is 1. The van der Waals surface area contributed by atoms with Gasteiger partial charge in [-0.25, -0.2) is 4.98 Å². The Hall–Kier alpha value is -1.92. The van der Waals surface area contributed by atoms with Crippen LogP contribution in [0.5, 0.6) is 0 Å². The second-order valence-corrected chi connectivity index (χ2v) is 5.69. The summed E-state index contributed by atoms with van der Waals surface area (Å²) >= 11 is 1.57. The highest BCUT2D eigenvalue weighted by Crippen LogP contribution is 2.25. The van der Waals surface area contributed by atoms with Crippen molar-refractivity contribution >= 4 is 28.1 Å². The lowest BCUT2D eigenvalue weighted by Gasteiger charge is -2.05. The Bertz CT molecular complexity index is 596. The first-order valence-corrected chi connectivity index (χ1v) is 8.19. The number of rotatable bonds is 8. The Morgan fingerprint density at radius 3 is 2.77 bits per heavy atom. The molecule has 2 aromatic rings. The molecule has 2 rings (SSSR count). The molecule has 0 aliphatic carbocycles. The fourth-order valence-electron chi connectivity index (χ4n) is 1.92. The molecule has 0 radical (unpaired) electrons. The van der Waals surface area contributed by atoms with Crippen molar-refractivity contribution in [1.29, 1.82) is 0 Å². The van der Waals surface area contributed by atoms with Gasteiger partial charge in [0, 0.05) is 36.7 Å². The van der Waals surface area contributed by atoms with E-state index in [4.69, 9.17) is 4.74 Å². The lowest BCUT2D eigenvalue weighted by molar-refractivity contribution is -0.116. The monoisotopic (exact) mass is 319 g/mol. The van der Waals surface area contributed by atoms with Gasteiger partial charge in [0.25, 0.3) is 0 Å². The first-order chi connectivity index (χ1) is 10.7. The fourth-order valence-corrected chi connectivity index (χ4v) is 2.67. The maximum atomic E-state index is 11.6. The predicted octanol–water partition coefficient (Wildman–Crippen LogP) is 3.61. The first-order valence-electron chi connectivity index (χ1n) is 7.31. The summed E-state index contributed by atoms with van der Waals surface area (Å²) in [6, 6.07) is 7.74. The van der Waals surface area contributed by atoms with E-state index in [9.17, 15) is 4.79 Å². The molecule has 22 heavy (non-hydrogen) atoms. The molecule has 118 valence electrons. The van der Waals surface area contributed by atoms with E-state index in [0.29, 0.717) is 13.0 Å². The van der Waals surface area contributed by atoms with E-state index >= 15 is 0 Å². The molecule has 0 aliphatic heterocycles. The summed E-state index contributed by atoms with van der Waals surface area (Å²) in [5, 5.41) is 8.99. The highest BCUT2D eigenvalue weighted by atomic mass is 32.1. The smallest absolute Gasteiger partial charge is 0.224 e. The molecule has 6 heteroatoms. The van der Waals surface area contributed by atoms with Crippen molar-refractivity contribution in [3.8, 4) is 11.3 Å². The number of carbonyl (C=O) groups excluding carboxylic acids is 1. The standard InChI is InChI=1S/C16H21N3O2S/c1-3-4-15(20)18-13-7-5-12(6-8-13)14-11-22-16(19-14)17-9-10-21-2/h5-8,11H,3-4,9-10H2,1-2H3,(H,17,19)(H,18,20). The van der Waals surface area contributed by atoms with Crippen LogP contribution in [-0.2, 0) is 9.53 Å². The fraction of sp³-hybridized carbons (Fsp3) is 0.375. The molecular formula is C16H21N3O2S. The number of anilines is 2. The minimum absolute atomic E-state index is 0.0496. The topological polar surface area (TPSA) is 63.2 Å². The van der Waals surface area contributed by atoms with Crippen LogP contribution in [0.1, 0.15) is 19.8 Å². The summed E-state index contributed by atoms with van der Waals surface area (Å²) in [6.45, 7) is 3.39.